The van der Waals surface area contributed by atoms with Gasteiger partial charge in [0.05, 0.1) is 11.9 Å². The van der Waals surface area contributed by atoms with Gasteiger partial charge in [-0.2, -0.15) is 0 Å². The number of hydrogen-bond acceptors (Lipinski definition) is 4. The molecule has 0 aromatic heterocycles. The number of carbonyl (C=O) groups excluding carboxylic acids is 2. The molecule has 0 aliphatic rings. The zero-order valence-electron chi connectivity index (χ0n) is 25.8. The van der Waals surface area contributed by atoms with Gasteiger partial charge in [-0.25, -0.2) is 8.42 Å². The number of rotatable bonds is 13. The highest BCUT2D eigenvalue weighted by atomic mass is 32.2. The molecule has 8 heteroatoms. The van der Waals surface area contributed by atoms with Gasteiger partial charge in [0.25, 0.3) is 0 Å². The summed E-state index contributed by atoms with van der Waals surface area (Å²) in [5.74, 6) is -0.417. The summed E-state index contributed by atoms with van der Waals surface area (Å²) in [7, 11) is -3.56. The molecule has 1 N–H and O–H groups in total. The number of nitrogens with zero attached hydrogens (tertiary/aromatic N) is 2. The molecular weight excluding hydrogens is 546 g/mol. The van der Waals surface area contributed by atoms with Crippen LogP contribution in [0.5, 0.6) is 0 Å². The van der Waals surface area contributed by atoms with Crippen molar-refractivity contribution in [3.05, 3.63) is 101 Å². The molecule has 0 aliphatic carbocycles. The maximum Gasteiger partial charge on any atom is 0.243 e. The molecule has 0 radical (unpaired) electrons. The molecule has 0 bridgehead atoms. The number of hydrogen-bond donors (Lipinski definition) is 1. The van der Waals surface area contributed by atoms with E-state index in [4.69, 9.17) is 0 Å². The number of carbonyl (C=O) groups is 2. The first kappa shape index (κ1) is 32.9. The van der Waals surface area contributed by atoms with Gasteiger partial charge in [-0.1, -0.05) is 73.7 Å². The van der Waals surface area contributed by atoms with E-state index in [1.54, 1.807) is 17.0 Å². The molecule has 0 fully saturated rings. The van der Waals surface area contributed by atoms with Gasteiger partial charge in [0.1, 0.15) is 6.04 Å². The lowest BCUT2D eigenvalue weighted by Gasteiger charge is -2.34. The third kappa shape index (κ3) is 9.72. The number of sulfonamides is 1. The van der Waals surface area contributed by atoms with E-state index in [1.807, 2.05) is 101 Å². The summed E-state index contributed by atoms with van der Waals surface area (Å²) in [6.07, 6.45) is 2.81. The van der Waals surface area contributed by atoms with Crippen LogP contribution in [0.1, 0.15) is 62.8 Å². The van der Waals surface area contributed by atoms with E-state index >= 15 is 0 Å². The number of anilines is 1. The molecule has 1 unspecified atom stereocenters. The number of amides is 2. The van der Waals surface area contributed by atoms with Crippen LogP contribution in [0.2, 0.25) is 0 Å². The predicted molar refractivity (Wildman–Crippen MR) is 171 cm³/mol. The molecule has 3 aromatic rings. The highest BCUT2D eigenvalue weighted by Crippen LogP contribution is 2.22. The van der Waals surface area contributed by atoms with Crippen molar-refractivity contribution in [1.29, 1.82) is 0 Å². The first-order valence-corrected chi connectivity index (χ1v) is 16.4. The van der Waals surface area contributed by atoms with Crippen LogP contribution in [0, 0.1) is 6.92 Å². The van der Waals surface area contributed by atoms with E-state index in [2.05, 4.69) is 5.32 Å². The SMILES string of the molecule is CCc1ccc(N(CCCC(=O)N(Cc2ccccc2C)C(Cc2ccccc2)C(=O)NC(C)(C)C)S(C)(=O)=O)cc1. The minimum Gasteiger partial charge on any atom is -0.350 e. The fourth-order valence-corrected chi connectivity index (χ4v) is 5.85. The summed E-state index contributed by atoms with van der Waals surface area (Å²) in [5, 5.41) is 3.08. The Morgan fingerprint density at radius 2 is 1.50 bits per heavy atom. The largest absolute Gasteiger partial charge is 0.350 e. The van der Waals surface area contributed by atoms with Crippen molar-refractivity contribution in [2.75, 3.05) is 17.1 Å². The Balaban J connectivity index is 1.90. The number of nitrogens with one attached hydrogen (secondary N) is 1. The maximum absolute atomic E-state index is 14.0. The molecule has 42 heavy (non-hydrogen) atoms. The third-order valence-corrected chi connectivity index (χ3v) is 8.35. The standard InChI is InChI=1S/C34H45N3O4S/c1-7-27-19-21-30(22-20-27)37(42(6,40)41)23-13-18-32(38)36(25-29-17-12-11-14-26(29)2)31(33(39)35-34(3,4)5)24-28-15-9-8-10-16-28/h8-12,14-17,19-22,31H,7,13,18,23-25H2,1-6H3,(H,35,39). The Hall–Kier alpha value is -3.65. The highest BCUT2D eigenvalue weighted by Gasteiger charge is 2.32. The van der Waals surface area contributed by atoms with Crippen molar-refractivity contribution < 1.29 is 18.0 Å². The summed E-state index contributed by atoms with van der Waals surface area (Å²) < 4.78 is 26.7. The zero-order chi connectivity index (χ0) is 30.9. The number of benzene rings is 3. The normalized spacial score (nSPS) is 12.4. The van der Waals surface area contributed by atoms with E-state index < -0.39 is 21.6 Å². The second-order valence-electron chi connectivity index (χ2n) is 11.9. The summed E-state index contributed by atoms with van der Waals surface area (Å²) in [6.45, 7) is 10.2. The molecule has 7 nitrogen and oxygen atoms in total. The van der Waals surface area contributed by atoms with Crippen LogP contribution in [0.15, 0.2) is 78.9 Å². The van der Waals surface area contributed by atoms with Gasteiger partial charge in [-0.05, 0) is 74.9 Å². The fraction of sp³-hybridized carbons (Fsp3) is 0.412. The van der Waals surface area contributed by atoms with Crippen LogP contribution in [-0.4, -0.2) is 49.5 Å². The van der Waals surface area contributed by atoms with Crippen molar-refractivity contribution >= 4 is 27.5 Å². The molecule has 3 rings (SSSR count). The Morgan fingerprint density at radius 3 is 2.07 bits per heavy atom. The fourth-order valence-electron chi connectivity index (χ4n) is 4.88. The molecule has 1 atom stereocenters. The molecule has 0 saturated carbocycles. The van der Waals surface area contributed by atoms with Gasteiger partial charge in [0, 0.05) is 31.5 Å². The topological polar surface area (TPSA) is 86.8 Å². The molecule has 226 valence electrons. The maximum atomic E-state index is 14.0. The summed E-state index contributed by atoms with van der Waals surface area (Å²) in [6, 6.07) is 24.2. The predicted octanol–water partition coefficient (Wildman–Crippen LogP) is 5.66. The van der Waals surface area contributed by atoms with Gasteiger partial charge >= 0.3 is 0 Å². The van der Waals surface area contributed by atoms with Crippen LogP contribution in [0.25, 0.3) is 0 Å². The van der Waals surface area contributed by atoms with Gasteiger partial charge < -0.3 is 10.2 Å². The Labute approximate surface area is 252 Å². The highest BCUT2D eigenvalue weighted by molar-refractivity contribution is 7.92. The van der Waals surface area contributed by atoms with Crippen LogP contribution in [0.4, 0.5) is 5.69 Å². The quantitative estimate of drug-likeness (QED) is 0.278. The van der Waals surface area contributed by atoms with E-state index in [0.29, 0.717) is 18.5 Å². The first-order valence-electron chi connectivity index (χ1n) is 14.5. The average Bonchev–Trinajstić information content (AvgIpc) is 2.93. The average molecular weight is 592 g/mol. The van der Waals surface area contributed by atoms with Gasteiger partial charge in [-0.3, -0.25) is 13.9 Å². The molecule has 2 amide bonds. The molecule has 0 saturated heterocycles. The second-order valence-corrected chi connectivity index (χ2v) is 13.8. The second kappa shape index (κ2) is 14.5. The summed E-state index contributed by atoms with van der Waals surface area (Å²) in [5.41, 5.74) is 4.16. The smallest absolute Gasteiger partial charge is 0.243 e. The Morgan fingerprint density at radius 1 is 0.881 bits per heavy atom. The van der Waals surface area contributed by atoms with E-state index in [1.165, 1.54) is 10.6 Å². The monoisotopic (exact) mass is 591 g/mol. The van der Waals surface area contributed by atoms with Gasteiger partial charge in [0.2, 0.25) is 21.8 Å². The van der Waals surface area contributed by atoms with Gasteiger partial charge in [0.15, 0.2) is 0 Å². The van der Waals surface area contributed by atoms with Crippen LogP contribution in [0.3, 0.4) is 0 Å². The van der Waals surface area contributed by atoms with E-state index in [0.717, 1.165) is 28.7 Å². The molecule has 0 aliphatic heterocycles. The van der Waals surface area contributed by atoms with Gasteiger partial charge in [-0.15, -0.1) is 0 Å². The Kier molecular flexibility index (Phi) is 11.3. The lowest BCUT2D eigenvalue weighted by molar-refractivity contribution is -0.142. The van der Waals surface area contributed by atoms with Crippen molar-refractivity contribution in [3.8, 4) is 0 Å². The number of aryl methyl sites for hydroxylation is 2. The van der Waals surface area contributed by atoms with Crippen molar-refractivity contribution in [1.82, 2.24) is 10.2 Å². The third-order valence-electron chi connectivity index (χ3n) is 7.16. The Bertz CT molecular complexity index is 1430. The molecule has 3 aromatic carbocycles. The van der Waals surface area contributed by atoms with Crippen molar-refractivity contribution in [2.45, 2.75) is 78.4 Å². The summed E-state index contributed by atoms with van der Waals surface area (Å²) in [4.78, 5) is 29.4. The van der Waals surface area contributed by atoms with E-state index in [9.17, 15) is 18.0 Å². The molecule has 0 heterocycles. The minimum atomic E-state index is -3.56. The summed E-state index contributed by atoms with van der Waals surface area (Å²) >= 11 is 0. The molecule has 0 spiro atoms. The van der Waals surface area contributed by atoms with Crippen LogP contribution in [-0.2, 0) is 39.0 Å². The van der Waals surface area contributed by atoms with Crippen molar-refractivity contribution in [3.63, 3.8) is 0 Å². The minimum absolute atomic E-state index is 0.0963. The molecular formula is C34H45N3O4S. The lowest BCUT2D eigenvalue weighted by Crippen LogP contribution is -2.54. The van der Waals surface area contributed by atoms with Crippen molar-refractivity contribution in [2.24, 2.45) is 0 Å². The first-order chi connectivity index (χ1) is 19.8. The van der Waals surface area contributed by atoms with E-state index in [-0.39, 0.29) is 31.3 Å². The van der Waals surface area contributed by atoms with Crippen LogP contribution >= 0.6 is 0 Å². The van der Waals surface area contributed by atoms with Crippen LogP contribution < -0.4 is 9.62 Å². The zero-order valence-corrected chi connectivity index (χ0v) is 26.6. The lowest BCUT2D eigenvalue weighted by atomic mass is 9.99.